The Labute approximate surface area is 198 Å². The van der Waals surface area contributed by atoms with Crippen LogP contribution >= 0.6 is 23.2 Å². The Morgan fingerprint density at radius 1 is 0.938 bits per heavy atom. The Bertz CT molecular complexity index is 1150. The van der Waals surface area contributed by atoms with Crippen LogP contribution in [0.3, 0.4) is 0 Å². The monoisotopic (exact) mass is 468 g/mol. The summed E-state index contributed by atoms with van der Waals surface area (Å²) in [5, 5.41) is 3.91. The van der Waals surface area contributed by atoms with Gasteiger partial charge in [0, 0.05) is 33.7 Å². The van der Waals surface area contributed by atoms with Gasteiger partial charge in [0.05, 0.1) is 5.56 Å². The van der Waals surface area contributed by atoms with E-state index in [1.54, 1.807) is 24.3 Å². The molecule has 1 aromatic heterocycles. The fraction of sp³-hybridized carbons (Fsp3) is 0.308. The first-order valence-corrected chi connectivity index (χ1v) is 11.8. The van der Waals surface area contributed by atoms with Crippen LogP contribution in [0, 0.1) is 6.92 Å². The summed E-state index contributed by atoms with van der Waals surface area (Å²) in [5.41, 5.74) is 5.23. The number of carbonyl (C=O) groups excluding carboxylic acids is 2. The number of benzene rings is 2. The molecule has 0 bridgehead atoms. The number of carbonyl (C=O) groups is 2. The van der Waals surface area contributed by atoms with Crippen molar-refractivity contribution >= 4 is 40.6 Å². The van der Waals surface area contributed by atoms with E-state index in [-0.39, 0.29) is 0 Å². The van der Waals surface area contributed by atoms with Crippen molar-refractivity contribution < 1.29 is 9.59 Å². The van der Waals surface area contributed by atoms with Crippen LogP contribution in [0.2, 0.25) is 10.0 Å². The van der Waals surface area contributed by atoms with Crippen molar-refractivity contribution in [1.82, 2.24) is 4.57 Å². The number of halogens is 2. The first-order chi connectivity index (χ1) is 15.4. The summed E-state index contributed by atoms with van der Waals surface area (Å²) in [4.78, 5) is 26.3. The minimum atomic E-state index is -0.635. The number of aromatic nitrogens is 1. The standard InChI is InChI=1S/C26H26Cl2N2O2/c1-17-24(25(31)26(32)29-21-8-6-7-20(28)15-21)22-9-4-2-3-5-10-23(22)30(17)16-18-11-13-19(27)14-12-18/h6-8,11-15H,2-5,9-10,16H2,1H3,(H,29,32). The quantitative estimate of drug-likeness (QED) is 0.337. The van der Waals surface area contributed by atoms with Gasteiger partial charge in [0.15, 0.2) is 0 Å². The molecule has 1 aliphatic carbocycles. The van der Waals surface area contributed by atoms with Gasteiger partial charge in [0.2, 0.25) is 0 Å². The maximum absolute atomic E-state index is 13.4. The SMILES string of the molecule is Cc1c(C(=O)C(=O)Nc2cccc(Cl)c2)c2c(n1Cc1ccc(Cl)cc1)CCCCCC2. The van der Waals surface area contributed by atoms with E-state index < -0.39 is 11.7 Å². The molecular formula is C26H26Cl2N2O2. The number of rotatable bonds is 5. The van der Waals surface area contributed by atoms with E-state index in [0.29, 0.717) is 27.8 Å². The minimum Gasteiger partial charge on any atom is -0.343 e. The van der Waals surface area contributed by atoms with Gasteiger partial charge in [0.25, 0.3) is 11.7 Å². The molecule has 1 N–H and O–H groups in total. The average molecular weight is 469 g/mol. The molecule has 0 aliphatic heterocycles. The zero-order valence-corrected chi connectivity index (χ0v) is 19.6. The molecule has 0 spiro atoms. The van der Waals surface area contributed by atoms with Gasteiger partial charge in [0.1, 0.15) is 0 Å². The van der Waals surface area contributed by atoms with Crippen LogP contribution in [0.5, 0.6) is 0 Å². The zero-order chi connectivity index (χ0) is 22.7. The van der Waals surface area contributed by atoms with E-state index in [1.165, 1.54) is 12.1 Å². The van der Waals surface area contributed by atoms with Gasteiger partial charge in [-0.3, -0.25) is 9.59 Å². The van der Waals surface area contributed by atoms with Crippen molar-refractivity contribution in [2.75, 3.05) is 5.32 Å². The summed E-state index contributed by atoms with van der Waals surface area (Å²) in [6, 6.07) is 14.6. The molecule has 3 aromatic rings. The maximum atomic E-state index is 13.4. The van der Waals surface area contributed by atoms with Gasteiger partial charge in [-0.05, 0) is 74.1 Å². The highest BCUT2D eigenvalue weighted by Gasteiger charge is 2.29. The highest BCUT2D eigenvalue weighted by Crippen LogP contribution is 2.30. The smallest absolute Gasteiger partial charge is 0.296 e. The molecule has 0 saturated carbocycles. The molecule has 166 valence electrons. The largest absolute Gasteiger partial charge is 0.343 e. The summed E-state index contributed by atoms with van der Waals surface area (Å²) < 4.78 is 2.21. The number of nitrogens with one attached hydrogen (secondary N) is 1. The van der Waals surface area contributed by atoms with Crippen LogP contribution in [-0.2, 0) is 24.2 Å². The number of Topliss-reactive ketones (excluding diaryl/α,β-unsaturated/α-hetero) is 1. The van der Waals surface area contributed by atoms with Gasteiger partial charge in [-0.25, -0.2) is 0 Å². The number of amides is 1. The summed E-state index contributed by atoms with van der Waals surface area (Å²) in [6.45, 7) is 2.59. The van der Waals surface area contributed by atoms with E-state index in [1.807, 2.05) is 31.2 Å². The van der Waals surface area contributed by atoms with Crippen molar-refractivity contribution in [3.63, 3.8) is 0 Å². The van der Waals surface area contributed by atoms with Crippen molar-refractivity contribution in [2.45, 2.75) is 52.0 Å². The molecule has 1 amide bonds. The van der Waals surface area contributed by atoms with E-state index >= 15 is 0 Å². The highest BCUT2D eigenvalue weighted by atomic mass is 35.5. The number of hydrogen-bond donors (Lipinski definition) is 1. The fourth-order valence-electron chi connectivity index (χ4n) is 4.52. The number of nitrogens with zero attached hydrogens (tertiary/aromatic N) is 1. The third-order valence-electron chi connectivity index (χ3n) is 6.10. The average Bonchev–Trinajstić information content (AvgIpc) is 2.99. The van der Waals surface area contributed by atoms with Crippen molar-refractivity contribution in [3.8, 4) is 0 Å². The Balaban J connectivity index is 1.70. The van der Waals surface area contributed by atoms with Crippen LogP contribution in [0.25, 0.3) is 0 Å². The van der Waals surface area contributed by atoms with Gasteiger partial charge < -0.3 is 9.88 Å². The lowest BCUT2D eigenvalue weighted by molar-refractivity contribution is -0.112. The van der Waals surface area contributed by atoms with E-state index in [4.69, 9.17) is 23.2 Å². The van der Waals surface area contributed by atoms with Crippen LogP contribution in [0.1, 0.15) is 58.6 Å². The molecule has 0 unspecified atom stereocenters. The van der Waals surface area contributed by atoms with Crippen molar-refractivity contribution in [1.29, 1.82) is 0 Å². The first-order valence-electron chi connectivity index (χ1n) is 11.0. The lowest BCUT2D eigenvalue weighted by Gasteiger charge is -2.15. The molecule has 0 atom stereocenters. The number of ketones is 1. The van der Waals surface area contributed by atoms with Gasteiger partial charge in [-0.1, -0.05) is 54.2 Å². The Kier molecular flexibility index (Phi) is 7.02. The second-order valence-corrected chi connectivity index (χ2v) is 9.18. The lowest BCUT2D eigenvalue weighted by Crippen LogP contribution is -2.24. The van der Waals surface area contributed by atoms with Crippen LogP contribution in [0.15, 0.2) is 48.5 Å². The molecule has 4 rings (SSSR count). The van der Waals surface area contributed by atoms with E-state index in [2.05, 4.69) is 9.88 Å². The molecule has 0 fully saturated rings. The number of anilines is 1. The molecule has 6 heteroatoms. The van der Waals surface area contributed by atoms with Gasteiger partial charge in [-0.2, -0.15) is 0 Å². The third kappa shape index (κ3) is 4.92. The van der Waals surface area contributed by atoms with E-state index in [9.17, 15) is 9.59 Å². The first kappa shape index (κ1) is 22.6. The maximum Gasteiger partial charge on any atom is 0.296 e. The summed E-state index contributed by atoms with van der Waals surface area (Å²) >= 11 is 12.1. The third-order valence-corrected chi connectivity index (χ3v) is 6.59. The van der Waals surface area contributed by atoms with Gasteiger partial charge >= 0.3 is 0 Å². The molecule has 4 nitrogen and oxygen atoms in total. The number of hydrogen-bond acceptors (Lipinski definition) is 2. The van der Waals surface area contributed by atoms with Crippen molar-refractivity contribution in [2.24, 2.45) is 0 Å². The Morgan fingerprint density at radius 3 is 2.38 bits per heavy atom. The predicted molar refractivity (Wildman–Crippen MR) is 130 cm³/mol. The normalized spacial score (nSPS) is 13.7. The molecular weight excluding hydrogens is 443 g/mol. The molecule has 1 aliphatic rings. The number of fused-ring (bicyclic) bond motifs is 1. The summed E-state index contributed by atoms with van der Waals surface area (Å²) in [5.74, 6) is -1.13. The topological polar surface area (TPSA) is 51.1 Å². The van der Waals surface area contributed by atoms with Crippen LogP contribution in [-0.4, -0.2) is 16.3 Å². The second kappa shape index (κ2) is 9.93. The molecule has 0 radical (unpaired) electrons. The Hall–Kier alpha value is -2.56. The van der Waals surface area contributed by atoms with Crippen molar-refractivity contribution in [3.05, 3.63) is 86.7 Å². The zero-order valence-electron chi connectivity index (χ0n) is 18.1. The summed E-state index contributed by atoms with van der Waals surface area (Å²) in [6.07, 6.45) is 6.15. The highest BCUT2D eigenvalue weighted by molar-refractivity contribution is 6.47. The molecule has 32 heavy (non-hydrogen) atoms. The Morgan fingerprint density at radius 2 is 1.66 bits per heavy atom. The molecule has 0 saturated heterocycles. The molecule has 1 heterocycles. The predicted octanol–water partition coefficient (Wildman–Crippen LogP) is 6.63. The van der Waals surface area contributed by atoms with E-state index in [0.717, 1.165) is 48.9 Å². The fourth-order valence-corrected chi connectivity index (χ4v) is 4.84. The molecule has 2 aromatic carbocycles. The second-order valence-electron chi connectivity index (χ2n) is 8.31. The summed E-state index contributed by atoms with van der Waals surface area (Å²) in [7, 11) is 0. The van der Waals surface area contributed by atoms with Gasteiger partial charge in [-0.15, -0.1) is 0 Å². The lowest BCUT2D eigenvalue weighted by atomic mass is 9.94. The minimum absolute atomic E-state index is 0.492. The van der Waals surface area contributed by atoms with Crippen LogP contribution < -0.4 is 5.32 Å². The van der Waals surface area contributed by atoms with Crippen LogP contribution in [0.4, 0.5) is 5.69 Å².